The third-order valence-electron chi connectivity index (χ3n) is 4.26. The van der Waals surface area contributed by atoms with E-state index in [2.05, 4.69) is 15.9 Å². The molecular formula is C18H23BrO4. The van der Waals surface area contributed by atoms with Crippen molar-refractivity contribution < 1.29 is 19.1 Å². The Bertz CT molecular complexity index is 576. The normalized spacial score (nSPS) is 16.7. The fraction of sp³-hybridized carbons (Fsp3) is 0.556. The van der Waals surface area contributed by atoms with E-state index in [-0.39, 0.29) is 12.4 Å². The average molecular weight is 383 g/mol. The highest BCUT2D eigenvalue weighted by molar-refractivity contribution is 9.10. The summed E-state index contributed by atoms with van der Waals surface area (Å²) < 4.78 is 11.8. The minimum atomic E-state index is -1.09. The summed E-state index contributed by atoms with van der Waals surface area (Å²) in [6, 6.07) is 5.76. The van der Waals surface area contributed by atoms with Gasteiger partial charge < -0.3 is 9.47 Å². The molecule has 0 unspecified atom stereocenters. The van der Waals surface area contributed by atoms with Gasteiger partial charge in [0, 0.05) is 4.47 Å². The van der Waals surface area contributed by atoms with Gasteiger partial charge in [-0.2, -0.15) is 0 Å². The molecule has 0 spiro atoms. The zero-order valence-corrected chi connectivity index (χ0v) is 15.3. The van der Waals surface area contributed by atoms with Crippen LogP contribution in [0.4, 0.5) is 0 Å². The zero-order chi connectivity index (χ0) is 16.9. The average Bonchev–Trinajstić information content (AvgIpc) is 2.51. The van der Waals surface area contributed by atoms with E-state index in [1.807, 2.05) is 25.1 Å². The lowest BCUT2D eigenvalue weighted by molar-refractivity contribution is -0.186. The molecule has 1 fully saturated rings. The Morgan fingerprint density at radius 1 is 1.22 bits per heavy atom. The second-order valence-corrected chi connectivity index (χ2v) is 6.91. The second kappa shape index (κ2) is 7.95. The van der Waals surface area contributed by atoms with Crippen LogP contribution in [0.1, 0.15) is 50.2 Å². The molecule has 0 amide bonds. The lowest BCUT2D eigenvalue weighted by Gasteiger charge is -2.34. The molecular weight excluding hydrogens is 360 g/mol. The Kier molecular flexibility index (Phi) is 6.22. The van der Waals surface area contributed by atoms with E-state index >= 15 is 0 Å². The smallest absolute Gasteiger partial charge is 0.350 e. The zero-order valence-electron chi connectivity index (χ0n) is 13.7. The van der Waals surface area contributed by atoms with Gasteiger partial charge in [-0.05, 0) is 62.8 Å². The van der Waals surface area contributed by atoms with E-state index in [0.29, 0.717) is 19.4 Å². The van der Waals surface area contributed by atoms with Crippen LogP contribution < -0.4 is 0 Å². The molecule has 126 valence electrons. The van der Waals surface area contributed by atoms with Gasteiger partial charge in [-0.25, -0.2) is 4.79 Å². The summed E-state index contributed by atoms with van der Waals surface area (Å²) in [7, 11) is 0. The van der Waals surface area contributed by atoms with Crippen LogP contribution in [-0.4, -0.2) is 24.1 Å². The van der Waals surface area contributed by atoms with E-state index in [1.165, 1.54) is 0 Å². The molecule has 0 radical (unpaired) electrons. The van der Waals surface area contributed by atoms with Crippen molar-refractivity contribution in [2.45, 2.75) is 58.0 Å². The molecule has 2 rings (SSSR count). The van der Waals surface area contributed by atoms with Crippen molar-refractivity contribution in [3.05, 3.63) is 33.8 Å². The van der Waals surface area contributed by atoms with Gasteiger partial charge in [0.05, 0.1) is 13.0 Å². The van der Waals surface area contributed by atoms with E-state index in [4.69, 9.17) is 9.47 Å². The number of benzene rings is 1. The van der Waals surface area contributed by atoms with Crippen molar-refractivity contribution in [2.24, 2.45) is 0 Å². The van der Waals surface area contributed by atoms with E-state index < -0.39 is 11.6 Å². The van der Waals surface area contributed by atoms with Crippen LogP contribution >= 0.6 is 15.9 Å². The Balaban J connectivity index is 2.09. The topological polar surface area (TPSA) is 52.6 Å². The van der Waals surface area contributed by atoms with Crippen LogP contribution in [0.3, 0.4) is 0 Å². The molecule has 1 aromatic carbocycles. The van der Waals surface area contributed by atoms with E-state index in [9.17, 15) is 9.59 Å². The molecule has 0 heterocycles. The second-order valence-electron chi connectivity index (χ2n) is 6.00. The number of hydrogen-bond acceptors (Lipinski definition) is 4. The Morgan fingerprint density at radius 3 is 2.52 bits per heavy atom. The monoisotopic (exact) mass is 382 g/mol. The molecule has 1 aromatic rings. The summed E-state index contributed by atoms with van der Waals surface area (Å²) in [4.78, 5) is 24.7. The minimum Gasteiger partial charge on any atom is -0.463 e. The Hall–Kier alpha value is -1.36. The van der Waals surface area contributed by atoms with Gasteiger partial charge in [0.1, 0.15) is 0 Å². The van der Waals surface area contributed by atoms with Gasteiger partial charge in [-0.15, -0.1) is 0 Å². The van der Waals surface area contributed by atoms with Crippen molar-refractivity contribution in [3.63, 3.8) is 0 Å². The molecule has 0 aliphatic heterocycles. The molecule has 0 bridgehead atoms. The van der Waals surface area contributed by atoms with E-state index in [1.54, 1.807) is 6.92 Å². The summed E-state index contributed by atoms with van der Waals surface area (Å²) in [5.41, 5.74) is 0.840. The highest BCUT2D eigenvalue weighted by Gasteiger charge is 2.44. The van der Waals surface area contributed by atoms with Crippen LogP contribution in [0.2, 0.25) is 0 Å². The quantitative estimate of drug-likeness (QED) is 0.719. The molecule has 23 heavy (non-hydrogen) atoms. The van der Waals surface area contributed by atoms with Crippen LogP contribution in [0.5, 0.6) is 0 Å². The highest BCUT2D eigenvalue weighted by atomic mass is 79.9. The number of carbonyl (C=O) groups excluding carboxylic acids is 2. The predicted octanol–water partition coefficient (Wildman–Crippen LogP) is 4.11. The maximum absolute atomic E-state index is 12.4. The first-order chi connectivity index (χ1) is 11.0. The van der Waals surface area contributed by atoms with Crippen molar-refractivity contribution in [1.29, 1.82) is 0 Å². The number of ether oxygens (including phenoxy) is 2. The third kappa shape index (κ3) is 4.56. The molecule has 0 saturated heterocycles. The van der Waals surface area contributed by atoms with Crippen molar-refractivity contribution in [3.8, 4) is 0 Å². The molecule has 0 atom stereocenters. The molecule has 1 aliphatic carbocycles. The van der Waals surface area contributed by atoms with Gasteiger partial charge >= 0.3 is 11.9 Å². The molecule has 1 saturated carbocycles. The number of aryl methyl sites for hydroxylation is 1. The number of halogens is 1. The van der Waals surface area contributed by atoms with Gasteiger partial charge in [0.15, 0.2) is 0 Å². The minimum absolute atomic E-state index is 0.167. The van der Waals surface area contributed by atoms with Crippen molar-refractivity contribution in [1.82, 2.24) is 0 Å². The number of rotatable bonds is 5. The largest absolute Gasteiger partial charge is 0.463 e. The van der Waals surface area contributed by atoms with Crippen LogP contribution in [0, 0.1) is 6.92 Å². The summed E-state index contributed by atoms with van der Waals surface area (Å²) in [6.07, 6.45) is 4.09. The Labute approximate surface area is 145 Å². The molecule has 0 N–H and O–H groups in total. The lowest BCUT2D eigenvalue weighted by Crippen LogP contribution is -2.46. The van der Waals surface area contributed by atoms with Crippen LogP contribution in [0.15, 0.2) is 22.7 Å². The Morgan fingerprint density at radius 2 is 1.91 bits per heavy atom. The number of esters is 2. The van der Waals surface area contributed by atoms with Gasteiger partial charge in [0.25, 0.3) is 0 Å². The maximum atomic E-state index is 12.4. The standard InChI is InChI=1S/C18H23BrO4/c1-3-22-17(21)18(9-5-4-6-10-18)23-16(20)12-14-7-8-15(19)11-13(14)2/h7-8,11H,3-6,9-10,12H2,1-2H3. The molecule has 4 nitrogen and oxygen atoms in total. The summed E-state index contributed by atoms with van der Waals surface area (Å²) in [5, 5.41) is 0. The highest BCUT2D eigenvalue weighted by Crippen LogP contribution is 2.33. The van der Waals surface area contributed by atoms with Gasteiger partial charge in [0.2, 0.25) is 5.60 Å². The summed E-state index contributed by atoms with van der Waals surface area (Å²) >= 11 is 3.41. The third-order valence-corrected chi connectivity index (χ3v) is 4.75. The van der Waals surface area contributed by atoms with Gasteiger partial charge in [-0.1, -0.05) is 28.4 Å². The van der Waals surface area contributed by atoms with E-state index in [0.717, 1.165) is 34.9 Å². The first-order valence-electron chi connectivity index (χ1n) is 8.11. The fourth-order valence-corrected chi connectivity index (χ4v) is 3.48. The van der Waals surface area contributed by atoms with Crippen molar-refractivity contribution in [2.75, 3.05) is 6.61 Å². The molecule has 1 aliphatic rings. The fourth-order valence-electron chi connectivity index (χ4n) is 3.00. The van der Waals surface area contributed by atoms with Crippen molar-refractivity contribution >= 4 is 27.9 Å². The predicted molar refractivity (Wildman–Crippen MR) is 91.1 cm³/mol. The molecule has 5 heteroatoms. The van der Waals surface area contributed by atoms with Crippen LogP contribution in [-0.2, 0) is 25.5 Å². The first-order valence-corrected chi connectivity index (χ1v) is 8.90. The maximum Gasteiger partial charge on any atom is 0.350 e. The SMILES string of the molecule is CCOC(=O)C1(OC(=O)Cc2ccc(Br)cc2C)CCCCC1. The molecule has 0 aromatic heterocycles. The number of hydrogen-bond donors (Lipinski definition) is 0. The lowest BCUT2D eigenvalue weighted by atomic mass is 9.84. The first kappa shape index (κ1) is 18.0. The van der Waals surface area contributed by atoms with Crippen LogP contribution in [0.25, 0.3) is 0 Å². The number of carbonyl (C=O) groups is 2. The summed E-state index contributed by atoms with van der Waals surface area (Å²) in [5.74, 6) is -0.772. The summed E-state index contributed by atoms with van der Waals surface area (Å²) in [6.45, 7) is 4.01. The van der Waals surface area contributed by atoms with Gasteiger partial charge in [-0.3, -0.25) is 4.79 Å².